The number of esters is 1. The molecule has 0 spiro atoms. The maximum atomic E-state index is 12.8. The number of hydrogen-bond donors (Lipinski definition) is 0. The van der Waals surface area contributed by atoms with Crippen LogP contribution in [0.15, 0.2) is 60.7 Å². The number of carbonyl (C=O) groups excluding carboxylic acids is 1. The van der Waals surface area contributed by atoms with Gasteiger partial charge in [0.15, 0.2) is 0 Å². The van der Waals surface area contributed by atoms with Crippen LogP contribution in [0.25, 0.3) is 0 Å². The highest BCUT2D eigenvalue weighted by molar-refractivity contribution is 5.74. The lowest BCUT2D eigenvalue weighted by atomic mass is 9.84. The van der Waals surface area contributed by atoms with E-state index in [-0.39, 0.29) is 24.0 Å². The van der Waals surface area contributed by atoms with Gasteiger partial charge >= 0.3 is 5.97 Å². The van der Waals surface area contributed by atoms with Crippen molar-refractivity contribution in [3.8, 4) is 0 Å². The number of hydrogen-bond acceptors (Lipinski definition) is 3. The summed E-state index contributed by atoms with van der Waals surface area (Å²) in [5.41, 5.74) is 2.57. The topological polar surface area (TPSA) is 29.5 Å². The molecule has 0 unspecified atom stereocenters. The van der Waals surface area contributed by atoms with Crippen LogP contribution < -0.4 is 0 Å². The molecule has 1 aliphatic rings. The van der Waals surface area contributed by atoms with E-state index >= 15 is 0 Å². The third-order valence-corrected chi connectivity index (χ3v) is 6.41. The molecule has 28 heavy (non-hydrogen) atoms. The first-order chi connectivity index (χ1) is 13.5. The third-order valence-electron chi connectivity index (χ3n) is 6.41. The molecule has 3 nitrogen and oxygen atoms in total. The van der Waals surface area contributed by atoms with Gasteiger partial charge < -0.3 is 4.74 Å². The van der Waals surface area contributed by atoms with Crippen molar-refractivity contribution in [1.29, 1.82) is 0 Å². The summed E-state index contributed by atoms with van der Waals surface area (Å²) in [6.45, 7) is 7.55. The zero-order valence-corrected chi connectivity index (χ0v) is 17.5. The molecule has 0 saturated heterocycles. The Kier molecular flexibility index (Phi) is 6.90. The molecule has 2 aromatic carbocycles. The van der Waals surface area contributed by atoms with Crippen LogP contribution in [0.3, 0.4) is 0 Å². The Morgan fingerprint density at radius 2 is 1.61 bits per heavy atom. The van der Waals surface area contributed by atoms with Crippen LogP contribution in [0.5, 0.6) is 0 Å². The summed E-state index contributed by atoms with van der Waals surface area (Å²) >= 11 is 0. The summed E-state index contributed by atoms with van der Waals surface area (Å²) in [5.74, 6) is 0.720. The van der Waals surface area contributed by atoms with Crippen LogP contribution in [0.4, 0.5) is 0 Å². The summed E-state index contributed by atoms with van der Waals surface area (Å²) in [7, 11) is 1.53. The monoisotopic (exact) mass is 379 g/mol. The lowest BCUT2D eigenvalue weighted by Crippen LogP contribution is -2.44. The second-order valence-corrected chi connectivity index (χ2v) is 8.35. The molecule has 3 heteroatoms. The molecule has 0 amide bonds. The highest BCUT2D eigenvalue weighted by atomic mass is 16.5. The minimum Gasteiger partial charge on any atom is -0.469 e. The van der Waals surface area contributed by atoms with Gasteiger partial charge in [-0.1, -0.05) is 74.5 Å². The van der Waals surface area contributed by atoms with Crippen molar-refractivity contribution in [2.75, 3.05) is 7.11 Å². The average Bonchev–Trinajstić information content (AvgIpc) is 3.17. The molecule has 3 rings (SSSR count). The largest absolute Gasteiger partial charge is 0.469 e. The molecule has 4 atom stereocenters. The molecule has 0 N–H and O–H groups in total. The van der Waals surface area contributed by atoms with E-state index in [0.29, 0.717) is 11.8 Å². The number of nitrogens with zero attached hydrogens (tertiary/aromatic N) is 1. The molecule has 0 radical (unpaired) electrons. The van der Waals surface area contributed by atoms with Gasteiger partial charge in [0.25, 0.3) is 0 Å². The Bertz CT molecular complexity index is 744. The second-order valence-electron chi connectivity index (χ2n) is 8.35. The molecule has 1 saturated carbocycles. The number of ether oxygens (including phenoxy) is 1. The van der Waals surface area contributed by atoms with E-state index in [1.165, 1.54) is 18.2 Å². The fraction of sp³-hybridized carbons (Fsp3) is 0.480. The predicted molar refractivity (Wildman–Crippen MR) is 114 cm³/mol. The molecule has 0 heterocycles. The van der Waals surface area contributed by atoms with Gasteiger partial charge in [-0.15, -0.1) is 0 Å². The molecule has 0 aliphatic heterocycles. The van der Waals surface area contributed by atoms with E-state index in [4.69, 9.17) is 4.74 Å². The van der Waals surface area contributed by atoms with Crippen LogP contribution in [0.1, 0.15) is 50.8 Å². The first kappa shape index (κ1) is 20.6. The van der Waals surface area contributed by atoms with Gasteiger partial charge in [0.1, 0.15) is 0 Å². The maximum Gasteiger partial charge on any atom is 0.310 e. The van der Waals surface area contributed by atoms with Crippen LogP contribution >= 0.6 is 0 Å². The molecule has 2 aromatic rings. The Hall–Kier alpha value is -2.13. The fourth-order valence-corrected chi connectivity index (χ4v) is 4.85. The van der Waals surface area contributed by atoms with Gasteiger partial charge in [0.2, 0.25) is 0 Å². The zero-order valence-electron chi connectivity index (χ0n) is 17.5. The van der Waals surface area contributed by atoms with Gasteiger partial charge in [0.05, 0.1) is 13.0 Å². The average molecular weight is 380 g/mol. The van der Waals surface area contributed by atoms with Gasteiger partial charge in [-0.25, -0.2) is 0 Å². The normalized spacial score (nSPS) is 23.1. The second kappa shape index (κ2) is 9.38. The van der Waals surface area contributed by atoms with Crippen molar-refractivity contribution >= 4 is 5.97 Å². The van der Waals surface area contributed by atoms with E-state index in [2.05, 4.69) is 86.3 Å². The minimum atomic E-state index is -0.0696. The quantitative estimate of drug-likeness (QED) is 0.597. The molecule has 0 aromatic heterocycles. The van der Waals surface area contributed by atoms with Crippen molar-refractivity contribution in [2.45, 2.75) is 52.2 Å². The lowest BCUT2D eigenvalue weighted by Gasteiger charge is -2.38. The Morgan fingerprint density at radius 3 is 2.18 bits per heavy atom. The number of rotatable bonds is 7. The van der Waals surface area contributed by atoms with E-state index in [1.54, 1.807) is 0 Å². The van der Waals surface area contributed by atoms with Crippen LogP contribution in [-0.2, 0) is 16.1 Å². The summed E-state index contributed by atoms with van der Waals surface area (Å²) in [4.78, 5) is 15.3. The number of benzene rings is 2. The van der Waals surface area contributed by atoms with E-state index in [1.807, 2.05) is 0 Å². The highest BCUT2D eigenvalue weighted by Crippen LogP contribution is 2.43. The summed E-state index contributed by atoms with van der Waals surface area (Å²) in [6, 6.07) is 21.6. The van der Waals surface area contributed by atoms with Gasteiger partial charge in [-0.2, -0.15) is 0 Å². The third kappa shape index (κ3) is 4.47. The van der Waals surface area contributed by atoms with Crippen molar-refractivity contribution < 1.29 is 9.53 Å². The van der Waals surface area contributed by atoms with E-state index in [9.17, 15) is 4.79 Å². The van der Waals surface area contributed by atoms with Gasteiger partial charge in [-0.3, -0.25) is 9.69 Å². The number of carbonyl (C=O) groups is 1. The zero-order chi connectivity index (χ0) is 20.1. The predicted octanol–water partition coefficient (Wildman–Crippen LogP) is 5.47. The SMILES string of the molecule is COC(=O)[C@@H]1[C@@H](C(C)C)CC[C@@H]1N(Cc1ccccc1)[C@H](C)c1ccccc1. The summed E-state index contributed by atoms with van der Waals surface area (Å²) < 4.78 is 5.27. The molecule has 150 valence electrons. The Labute approximate surface area is 169 Å². The molecule has 1 fully saturated rings. The van der Waals surface area contributed by atoms with Crippen LogP contribution in [0.2, 0.25) is 0 Å². The highest BCUT2D eigenvalue weighted by Gasteiger charge is 2.46. The summed E-state index contributed by atoms with van der Waals surface area (Å²) in [6.07, 6.45) is 2.11. The fourth-order valence-electron chi connectivity index (χ4n) is 4.85. The first-order valence-corrected chi connectivity index (χ1v) is 10.4. The first-order valence-electron chi connectivity index (χ1n) is 10.4. The maximum absolute atomic E-state index is 12.8. The van der Waals surface area contributed by atoms with Crippen LogP contribution in [0, 0.1) is 17.8 Å². The van der Waals surface area contributed by atoms with Crippen molar-refractivity contribution in [3.63, 3.8) is 0 Å². The lowest BCUT2D eigenvalue weighted by molar-refractivity contribution is -0.150. The van der Waals surface area contributed by atoms with Crippen molar-refractivity contribution in [3.05, 3.63) is 71.8 Å². The Balaban J connectivity index is 1.96. The van der Waals surface area contributed by atoms with Crippen molar-refractivity contribution in [2.24, 2.45) is 17.8 Å². The van der Waals surface area contributed by atoms with Crippen molar-refractivity contribution in [1.82, 2.24) is 4.90 Å². The van der Waals surface area contributed by atoms with E-state index in [0.717, 1.165) is 19.4 Å². The molecular weight excluding hydrogens is 346 g/mol. The minimum absolute atomic E-state index is 0.0560. The Morgan fingerprint density at radius 1 is 1.00 bits per heavy atom. The van der Waals surface area contributed by atoms with Gasteiger partial charge in [-0.05, 0) is 42.7 Å². The molecule has 0 bridgehead atoms. The standard InChI is InChI=1S/C25H33NO2/c1-18(2)22-15-16-23(24(22)25(27)28-4)26(17-20-11-7-5-8-12-20)19(3)21-13-9-6-10-14-21/h5-14,18-19,22-24H,15-17H2,1-4H3/t19-,22-,23+,24-/m1/s1. The van der Waals surface area contributed by atoms with Gasteiger partial charge in [0, 0.05) is 18.6 Å². The molecular formula is C25H33NO2. The van der Waals surface area contributed by atoms with Crippen LogP contribution in [-0.4, -0.2) is 24.0 Å². The smallest absolute Gasteiger partial charge is 0.310 e. The summed E-state index contributed by atoms with van der Waals surface area (Å²) in [5, 5.41) is 0. The molecule has 1 aliphatic carbocycles. The van der Waals surface area contributed by atoms with E-state index < -0.39 is 0 Å². The number of methoxy groups -OCH3 is 1.